The van der Waals surface area contributed by atoms with Gasteiger partial charge in [0.25, 0.3) is 0 Å². The Kier molecular flexibility index (Phi) is 6.41. The van der Waals surface area contributed by atoms with Crippen LogP contribution < -0.4 is 4.90 Å². The lowest BCUT2D eigenvalue weighted by atomic mass is 10.0. The van der Waals surface area contributed by atoms with Crippen LogP contribution in [0.15, 0.2) is 36.4 Å². The third kappa shape index (κ3) is 4.86. The number of rotatable bonds is 6. The average Bonchev–Trinajstić information content (AvgIpc) is 3.20. The van der Waals surface area contributed by atoms with Gasteiger partial charge in [0.15, 0.2) is 11.8 Å². The van der Waals surface area contributed by atoms with Gasteiger partial charge < -0.3 is 19.5 Å². The molecule has 33 heavy (non-hydrogen) atoms. The third-order valence-electron chi connectivity index (χ3n) is 5.91. The Morgan fingerprint density at radius 1 is 1.18 bits per heavy atom. The van der Waals surface area contributed by atoms with Crippen LogP contribution in [0.25, 0.3) is 16.9 Å². The van der Waals surface area contributed by atoms with Crippen molar-refractivity contribution in [1.82, 2.24) is 14.6 Å². The number of carbonyl (C=O) groups is 1. The molecule has 0 spiro atoms. The highest BCUT2D eigenvalue weighted by Crippen LogP contribution is 2.36. The van der Waals surface area contributed by atoms with Gasteiger partial charge in [0.05, 0.1) is 23.0 Å². The van der Waals surface area contributed by atoms with Crippen molar-refractivity contribution in [2.24, 2.45) is 0 Å². The number of aliphatic carboxylic acids is 1. The molecule has 1 fully saturated rings. The lowest BCUT2D eigenvalue weighted by Gasteiger charge is -2.36. The fraction of sp³-hybridized carbons (Fsp3) is 0.480. The van der Waals surface area contributed by atoms with Crippen molar-refractivity contribution < 1.29 is 19.4 Å². The first-order valence-corrected chi connectivity index (χ1v) is 11.3. The van der Waals surface area contributed by atoms with Crippen LogP contribution in [-0.2, 0) is 14.3 Å². The fourth-order valence-electron chi connectivity index (χ4n) is 4.37. The Bertz CT molecular complexity index is 1130. The minimum Gasteiger partial charge on any atom is -0.479 e. The summed E-state index contributed by atoms with van der Waals surface area (Å²) >= 11 is 0. The summed E-state index contributed by atoms with van der Waals surface area (Å²) in [5.41, 5.74) is 2.97. The fourth-order valence-corrected chi connectivity index (χ4v) is 4.37. The molecule has 8 heteroatoms. The molecule has 176 valence electrons. The van der Waals surface area contributed by atoms with Crippen molar-refractivity contribution in [3.05, 3.63) is 47.7 Å². The molecule has 1 aliphatic rings. The highest BCUT2D eigenvalue weighted by Gasteiger charge is 2.35. The summed E-state index contributed by atoms with van der Waals surface area (Å²) < 4.78 is 13.4. The minimum atomic E-state index is -1.17. The molecule has 0 amide bonds. The van der Waals surface area contributed by atoms with Gasteiger partial charge in [-0.25, -0.2) is 9.78 Å². The molecule has 3 heterocycles. The van der Waals surface area contributed by atoms with Crippen molar-refractivity contribution in [2.75, 3.05) is 25.1 Å². The van der Waals surface area contributed by atoms with Crippen molar-refractivity contribution in [1.29, 1.82) is 0 Å². The number of carboxylic acids is 1. The molecule has 1 aromatic carbocycles. The van der Waals surface area contributed by atoms with Gasteiger partial charge in [0.1, 0.15) is 5.82 Å². The lowest BCUT2D eigenvalue weighted by Crippen LogP contribution is -2.39. The van der Waals surface area contributed by atoms with E-state index >= 15 is 0 Å². The Morgan fingerprint density at radius 2 is 1.85 bits per heavy atom. The number of aryl methyl sites for hydroxylation is 1. The van der Waals surface area contributed by atoms with E-state index in [4.69, 9.17) is 19.6 Å². The number of benzene rings is 1. The van der Waals surface area contributed by atoms with Crippen LogP contribution in [0, 0.1) is 6.92 Å². The average molecular weight is 453 g/mol. The second-order valence-electron chi connectivity index (χ2n) is 9.47. The van der Waals surface area contributed by atoms with Gasteiger partial charge >= 0.3 is 5.97 Å². The van der Waals surface area contributed by atoms with Gasteiger partial charge in [0.2, 0.25) is 0 Å². The quantitative estimate of drug-likeness (QED) is 0.598. The van der Waals surface area contributed by atoms with Crippen LogP contribution >= 0.6 is 0 Å². The number of hydrogen-bond acceptors (Lipinski definition) is 6. The maximum atomic E-state index is 12.4. The predicted octanol–water partition coefficient (Wildman–Crippen LogP) is 4.26. The number of aromatic nitrogens is 3. The van der Waals surface area contributed by atoms with E-state index in [0.29, 0.717) is 16.9 Å². The highest BCUT2D eigenvalue weighted by molar-refractivity contribution is 5.79. The summed E-state index contributed by atoms with van der Waals surface area (Å²) in [5.74, 6) is -0.316. The second-order valence-corrected chi connectivity index (χ2v) is 9.47. The molecule has 2 aromatic heterocycles. The van der Waals surface area contributed by atoms with Crippen LogP contribution in [0.5, 0.6) is 0 Å². The predicted molar refractivity (Wildman–Crippen MR) is 127 cm³/mol. The molecule has 0 bridgehead atoms. The van der Waals surface area contributed by atoms with Crippen molar-refractivity contribution in [3.8, 4) is 11.3 Å². The van der Waals surface area contributed by atoms with Gasteiger partial charge in [-0.3, -0.25) is 0 Å². The van der Waals surface area contributed by atoms with E-state index in [-0.39, 0.29) is 6.10 Å². The smallest absolute Gasteiger partial charge is 0.337 e. The molecule has 3 aromatic rings. The normalized spacial score (nSPS) is 16.3. The summed E-state index contributed by atoms with van der Waals surface area (Å²) in [4.78, 5) is 19.3. The molecular weight excluding hydrogens is 420 g/mol. The van der Waals surface area contributed by atoms with Crippen LogP contribution in [0.1, 0.15) is 51.0 Å². The Morgan fingerprint density at radius 3 is 2.42 bits per heavy atom. The number of anilines is 1. The van der Waals surface area contributed by atoms with E-state index < -0.39 is 17.7 Å². The Balaban J connectivity index is 1.92. The number of nitrogens with zero attached hydrogens (tertiary/aromatic N) is 4. The Labute approximate surface area is 194 Å². The molecule has 0 radical (unpaired) electrons. The van der Waals surface area contributed by atoms with E-state index in [1.54, 1.807) is 11.6 Å². The molecule has 1 unspecified atom stereocenters. The zero-order chi connectivity index (χ0) is 23.8. The first-order chi connectivity index (χ1) is 15.7. The molecule has 1 aliphatic heterocycles. The van der Waals surface area contributed by atoms with Gasteiger partial charge in [-0.05, 0) is 40.5 Å². The molecule has 1 saturated heterocycles. The maximum Gasteiger partial charge on any atom is 0.337 e. The SMILES string of the molecule is COC1CCN(c2c(C(OC(C)(C)C)C(=O)O)c(C)nc3cc(-c4ccccc4)nn23)CC1. The van der Waals surface area contributed by atoms with E-state index in [0.717, 1.165) is 43.0 Å². The maximum absolute atomic E-state index is 12.4. The summed E-state index contributed by atoms with van der Waals surface area (Å²) in [6.07, 6.45) is 0.732. The molecule has 0 aliphatic carbocycles. The van der Waals surface area contributed by atoms with E-state index in [9.17, 15) is 9.90 Å². The molecule has 4 rings (SSSR count). The van der Waals surface area contributed by atoms with Gasteiger partial charge in [0, 0.05) is 37.5 Å². The number of ether oxygens (including phenoxy) is 2. The standard InChI is InChI=1S/C25H32N4O4/c1-16-21(22(24(30)31)33-25(2,3)4)23(28-13-11-18(32-5)12-14-28)29-20(26-16)15-19(27-29)17-9-7-6-8-10-17/h6-10,15,18,22H,11-14H2,1-5H3,(H,30,31). The number of carboxylic acid groups (broad SMARTS) is 1. The third-order valence-corrected chi connectivity index (χ3v) is 5.91. The largest absolute Gasteiger partial charge is 0.479 e. The van der Waals surface area contributed by atoms with Crippen LogP contribution in [0.4, 0.5) is 5.82 Å². The topological polar surface area (TPSA) is 89.2 Å². The first-order valence-electron chi connectivity index (χ1n) is 11.3. The zero-order valence-electron chi connectivity index (χ0n) is 19.9. The summed E-state index contributed by atoms with van der Waals surface area (Å²) in [5, 5.41) is 15.0. The first kappa shape index (κ1) is 23.2. The molecule has 8 nitrogen and oxygen atoms in total. The van der Waals surface area contributed by atoms with Gasteiger partial charge in [-0.15, -0.1) is 0 Å². The number of fused-ring (bicyclic) bond motifs is 1. The molecular formula is C25H32N4O4. The van der Waals surface area contributed by atoms with Crippen LogP contribution in [-0.4, -0.2) is 57.6 Å². The molecule has 1 atom stereocenters. The summed E-state index contributed by atoms with van der Waals surface area (Å²) in [7, 11) is 1.73. The zero-order valence-corrected chi connectivity index (χ0v) is 19.9. The van der Waals surface area contributed by atoms with E-state index in [1.807, 2.05) is 64.1 Å². The molecule has 1 N–H and O–H groups in total. The van der Waals surface area contributed by atoms with Crippen molar-refractivity contribution >= 4 is 17.4 Å². The highest BCUT2D eigenvalue weighted by atomic mass is 16.5. The summed E-state index contributed by atoms with van der Waals surface area (Å²) in [6, 6.07) is 11.9. The number of hydrogen-bond donors (Lipinski definition) is 1. The molecule has 0 saturated carbocycles. The van der Waals surface area contributed by atoms with Gasteiger partial charge in [-0.2, -0.15) is 9.61 Å². The summed E-state index contributed by atoms with van der Waals surface area (Å²) in [6.45, 7) is 8.87. The van der Waals surface area contributed by atoms with Crippen molar-refractivity contribution in [2.45, 2.75) is 58.3 Å². The van der Waals surface area contributed by atoms with E-state index in [1.165, 1.54) is 0 Å². The van der Waals surface area contributed by atoms with Crippen molar-refractivity contribution in [3.63, 3.8) is 0 Å². The number of piperidine rings is 1. The minimum absolute atomic E-state index is 0.196. The van der Waals surface area contributed by atoms with Crippen LogP contribution in [0.2, 0.25) is 0 Å². The Hall–Kier alpha value is -2.97. The van der Waals surface area contributed by atoms with Crippen LogP contribution in [0.3, 0.4) is 0 Å². The number of methoxy groups -OCH3 is 1. The monoisotopic (exact) mass is 452 g/mol. The lowest BCUT2D eigenvalue weighted by molar-refractivity contribution is -0.160. The van der Waals surface area contributed by atoms with E-state index in [2.05, 4.69) is 4.90 Å². The second kappa shape index (κ2) is 9.11. The van der Waals surface area contributed by atoms with Gasteiger partial charge in [-0.1, -0.05) is 30.3 Å².